The molecule has 11 heteroatoms. The number of phosphoric acid groups is 1. The predicted molar refractivity (Wildman–Crippen MR) is 215 cm³/mol. The van der Waals surface area contributed by atoms with E-state index >= 15 is 0 Å². The molecule has 310 valence electrons. The van der Waals surface area contributed by atoms with Crippen molar-refractivity contribution in [3.8, 4) is 0 Å². The van der Waals surface area contributed by atoms with Crippen LogP contribution in [0.4, 0.5) is 0 Å². The molecule has 0 bridgehead atoms. The van der Waals surface area contributed by atoms with Crippen LogP contribution in [0, 0.1) is 0 Å². The van der Waals surface area contributed by atoms with Gasteiger partial charge in [-0.2, -0.15) is 0 Å². The second-order valence-corrected chi connectivity index (χ2v) is 17.2. The van der Waals surface area contributed by atoms with Crippen molar-refractivity contribution in [2.75, 3.05) is 47.5 Å². The van der Waals surface area contributed by atoms with E-state index in [0.29, 0.717) is 36.1 Å². The smallest absolute Gasteiger partial charge is 0.462 e. The Morgan fingerprint density at radius 3 is 1.85 bits per heavy atom. The van der Waals surface area contributed by atoms with Gasteiger partial charge in [-0.1, -0.05) is 115 Å². The van der Waals surface area contributed by atoms with Gasteiger partial charge in [0.25, 0.3) is 0 Å². The van der Waals surface area contributed by atoms with E-state index in [2.05, 4.69) is 38.2 Å². The molecule has 53 heavy (non-hydrogen) atoms. The average Bonchev–Trinajstić information content (AvgIpc) is 3.86. The van der Waals surface area contributed by atoms with Crippen LogP contribution in [0.15, 0.2) is 24.3 Å². The van der Waals surface area contributed by atoms with Gasteiger partial charge in [0.2, 0.25) is 0 Å². The van der Waals surface area contributed by atoms with Crippen LogP contribution >= 0.6 is 7.82 Å². The number of hydrogen-bond donors (Lipinski definition) is 1. The number of carbonyl (C=O) groups is 2. The Morgan fingerprint density at radius 1 is 0.679 bits per heavy atom. The summed E-state index contributed by atoms with van der Waals surface area (Å²) in [6.07, 6.45) is 33.8. The van der Waals surface area contributed by atoms with Crippen LogP contribution in [0.5, 0.6) is 0 Å². The van der Waals surface area contributed by atoms with Crippen LogP contribution in [0.3, 0.4) is 0 Å². The fraction of sp³-hybridized carbons (Fsp3) is 0.857. The molecule has 1 rings (SSSR count). The number of hydrogen-bond acceptors (Lipinski definition) is 8. The highest BCUT2D eigenvalue weighted by Gasteiger charge is 2.36. The van der Waals surface area contributed by atoms with Gasteiger partial charge in [-0.3, -0.25) is 18.6 Å². The van der Waals surface area contributed by atoms with E-state index in [1.54, 1.807) is 0 Å². The number of rotatable bonds is 37. The van der Waals surface area contributed by atoms with Crippen molar-refractivity contribution in [1.29, 1.82) is 0 Å². The molecule has 1 heterocycles. The monoisotopic (exact) mass is 773 g/mol. The lowest BCUT2D eigenvalue weighted by atomic mass is 10.1. The summed E-state index contributed by atoms with van der Waals surface area (Å²) in [6, 6.07) is 0. The topological polar surface area (TPSA) is 121 Å². The Balaban J connectivity index is 2.31. The van der Waals surface area contributed by atoms with E-state index in [9.17, 15) is 19.0 Å². The van der Waals surface area contributed by atoms with Gasteiger partial charge in [0.15, 0.2) is 6.10 Å². The van der Waals surface area contributed by atoms with Crippen molar-refractivity contribution in [3.63, 3.8) is 0 Å². The number of carbonyl (C=O) groups excluding carboxylic acids is 2. The molecule has 0 radical (unpaired) electrons. The highest BCUT2D eigenvalue weighted by molar-refractivity contribution is 7.47. The van der Waals surface area contributed by atoms with E-state index in [1.807, 2.05) is 21.1 Å². The van der Waals surface area contributed by atoms with E-state index in [-0.39, 0.29) is 32.0 Å². The Kier molecular flexibility index (Phi) is 29.5. The zero-order chi connectivity index (χ0) is 39.0. The first-order chi connectivity index (χ1) is 25.5. The van der Waals surface area contributed by atoms with E-state index in [0.717, 1.165) is 70.6 Å². The second kappa shape index (κ2) is 31.6. The lowest BCUT2D eigenvalue weighted by Gasteiger charge is -2.24. The third-order valence-electron chi connectivity index (χ3n) is 9.38. The summed E-state index contributed by atoms with van der Waals surface area (Å²) in [6.45, 7) is 4.33. The quantitative estimate of drug-likeness (QED) is 0.0164. The first-order valence-electron chi connectivity index (χ1n) is 21.2. The van der Waals surface area contributed by atoms with Gasteiger partial charge >= 0.3 is 19.8 Å². The van der Waals surface area contributed by atoms with E-state index in [1.165, 1.54) is 57.8 Å². The summed E-state index contributed by atoms with van der Waals surface area (Å²) in [7, 11) is 1.45. The minimum Gasteiger partial charge on any atom is -0.462 e. The normalized spacial score (nSPS) is 17.7. The number of esters is 2. The molecule has 0 spiro atoms. The van der Waals surface area contributed by atoms with Gasteiger partial charge in [-0.15, -0.1) is 0 Å². The first-order valence-corrected chi connectivity index (χ1v) is 22.7. The second-order valence-electron chi connectivity index (χ2n) is 15.8. The third kappa shape index (κ3) is 32.4. The Labute approximate surface area is 324 Å². The molecule has 10 nitrogen and oxygen atoms in total. The number of likely N-dealkylation sites (N-methyl/N-ethyl adjacent to an activating group) is 1. The van der Waals surface area contributed by atoms with E-state index < -0.39 is 26.5 Å². The molecular formula is C42H79NO9P+. The summed E-state index contributed by atoms with van der Waals surface area (Å²) in [4.78, 5) is 35.3. The van der Waals surface area contributed by atoms with Crippen molar-refractivity contribution >= 4 is 19.8 Å². The van der Waals surface area contributed by atoms with Gasteiger partial charge in [-0.05, 0) is 64.2 Å². The van der Waals surface area contributed by atoms with E-state index in [4.69, 9.17) is 23.3 Å². The van der Waals surface area contributed by atoms with Crippen molar-refractivity contribution in [2.24, 2.45) is 0 Å². The molecule has 0 aromatic heterocycles. The summed E-state index contributed by atoms with van der Waals surface area (Å²) in [5, 5.41) is 0. The van der Waals surface area contributed by atoms with Gasteiger partial charge in [0.05, 0.1) is 40.0 Å². The maximum Gasteiger partial charge on any atom is 0.472 e. The zero-order valence-corrected chi connectivity index (χ0v) is 35.3. The van der Waals surface area contributed by atoms with Crippen molar-refractivity contribution in [2.45, 2.75) is 186 Å². The molecule has 0 saturated carbocycles. The Bertz CT molecular complexity index is 1030. The maximum atomic E-state index is 12.7. The standard InChI is InChI=1S/C42H78NO9P/c1-6-8-10-12-14-15-16-17-18-19-20-24-29-33-42(45)51-38(37-50-53(46,47)49-35-34-43(3,4)5)36-48-41(44)32-28-25-21-23-27-31-40-39(52-40)30-26-22-13-11-9-7-2/h15-16,22,26,38-40H,6-14,17-21,23-25,27-37H2,1-5H3/p+1/b16-15-,26-22-/t38-,39?,40?/m1/s1. The molecule has 3 unspecified atom stereocenters. The molecule has 1 aliphatic heterocycles. The highest BCUT2D eigenvalue weighted by atomic mass is 31.2. The molecule has 1 N–H and O–H groups in total. The largest absolute Gasteiger partial charge is 0.472 e. The highest BCUT2D eigenvalue weighted by Crippen LogP contribution is 2.43. The fourth-order valence-corrected chi connectivity index (χ4v) is 6.64. The molecule has 0 aliphatic carbocycles. The number of phosphoric ester groups is 1. The van der Waals surface area contributed by atoms with Crippen molar-refractivity contribution < 1.29 is 46.8 Å². The van der Waals surface area contributed by atoms with Gasteiger partial charge in [0.1, 0.15) is 19.8 Å². The first kappa shape index (κ1) is 49.5. The Morgan fingerprint density at radius 2 is 1.21 bits per heavy atom. The van der Waals surface area contributed by atoms with Gasteiger partial charge < -0.3 is 23.6 Å². The molecule has 0 aromatic carbocycles. The van der Waals surface area contributed by atoms with Gasteiger partial charge in [0, 0.05) is 12.8 Å². The van der Waals surface area contributed by atoms with Crippen LogP contribution in [0.2, 0.25) is 0 Å². The molecule has 4 atom stereocenters. The number of nitrogens with zero attached hydrogens (tertiary/aromatic N) is 1. The van der Waals surface area contributed by atoms with Crippen LogP contribution < -0.4 is 0 Å². The minimum atomic E-state index is -4.38. The number of quaternary nitrogens is 1. The minimum absolute atomic E-state index is 0.0256. The van der Waals surface area contributed by atoms with Crippen LogP contribution in [0.25, 0.3) is 0 Å². The molecule has 1 aliphatic rings. The molecular weight excluding hydrogens is 693 g/mol. The summed E-state index contributed by atoms with van der Waals surface area (Å²) in [5.41, 5.74) is 0. The molecule has 0 aromatic rings. The third-order valence-corrected chi connectivity index (χ3v) is 10.4. The Hall–Kier alpha value is -1.55. The molecule has 0 amide bonds. The van der Waals surface area contributed by atoms with Crippen LogP contribution in [-0.2, 0) is 37.4 Å². The molecule has 1 saturated heterocycles. The number of allylic oxidation sites excluding steroid dienone is 3. The van der Waals surface area contributed by atoms with Crippen LogP contribution in [0.1, 0.15) is 168 Å². The summed E-state index contributed by atoms with van der Waals surface area (Å²) < 4.78 is 40.1. The lowest BCUT2D eigenvalue weighted by Crippen LogP contribution is -2.37. The van der Waals surface area contributed by atoms with Crippen molar-refractivity contribution in [3.05, 3.63) is 24.3 Å². The van der Waals surface area contributed by atoms with Crippen molar-refractivity contribution in [1.82, 2.24) is 0 Å². The predicted octanol–water partition coefficient (Wildman–Crippen LogP) is 10.6. The number of epoxide rings is 1. The SMILES string of the molecule is CCCCC/C=C\CC1OC1CCCCCCCC(=O)OC[C@H](COP(=O)(O)OCC[N+](C)(C)C)OC(=O)CCCCCCC/C=C\CCCCCC. The van der Waals surface area contributed by atoms with Crippen LogP contribution in [-0.4, -0.2) is 87.1 Å². The fourth-order valence-electron chi connectivity index (χ4n) is 5.90. The lowest BCUT2D eigenvalue weighted by molar-refractivity contribution is -0.870. The maximum absolute atomic E-state index is 12.7. The number of ether oxygens (including phenoxy) is 3. The number of unbranched alkanes of at least 4 members (excludes halogenated alkanes) is 16. The summed E-state index contributed by atoms with van der Waals surface area (Å²) >= 11 is 0. The van der Waals surface area contributed by atoms with Gasteiger partial charge in [-0.25, -0.2) is 4.57 Å². The average molecular weight is 773 g/mol. The zero-order valence-electron chi connectivity index (χ0n) is 34.4. The summed E-state index contributed by atoms with van der Waals surface area (Å²) in [5.74, 6) is -0.832. The molecule has 1 fully saturated rings.